The van der Waals surface area contributed by atoms with Crippen molar-refractivity contribution in [1.29, 1.82) is 0 Å². The SMILES string of the molecule is CCOc1ccc(NS(=O)(=O)c2ccc(OCC(=O)NCc3ccccn3)c(Cl)c2)cc1. The predicted molar refractivity (Wildman–Crippen MR) is 121 cm³/mol. The van der Waals surface area contributed by atoms with Crippen LogP contribution in [0.1, 0.15) is 12.6 Å². The van der Waals surface area contributed by atoms with Gasteiger partial charge in [0.2, 0.25) is 0 Å². The highest BCUT2D eigenvalue weighted by atomic mass is 35.5. The number of halogens is 1. The summed E-state index contributed by atoms with van der Waals surface area (Å²) in [7, 11) is -3.87. The maximum Gasteiger partial charge on any atom is 0.261 e. The second-order valence-corrected chi connectivity index (χ2v) is 8.63. The normalized spacial score (nSPS) is 10.9. The van der Waals surface area contributed by atoms with Gasteiger partial charge in [-0.3, -0.25) is 14.5 Å². The second-order valence-electron chi connectivity index (χ2n) is 6.54. The molecule has 32 heavy (non-hydrogen) atoms. The van der Waals surface area contributed by atoms with Gasteiger partial charge in [0.05, 0.1) is 28.8 Å². The molecule has 0 atom stereocenters. The summed E-state index contributed by atoms with van der Waals surface area (Å²) >= 11 is 6.17. The summed E-state index contributed by atoms with van der Waals surface area (Å²) in [5.74, 6) is 0.476. The number of rotatable bonds is 10. The number of amides is 1. The Balaban J connectivity index is 1.58. The third kappa shape index (κ3) is 6.60. The van der Waals surface area contributed by atoms with Crippen LogP contribution in [0.2, 0.25) is 5.02 Å². The van der Waals surface area contributed by atoms with Crippen molar-refractivity contribution in [3.8, 4) is 11.5 Å². The van der Waals surface area contributed by atoms with Crippen LogP contribution < -0.4 is 19.5 Å². The molecule has 0 bridgehead atoms. The van der Waals surface area contributed by atoms with E-state index in [4.69, 9.17) is 21.1 Å². The molecule has 0 saturated carbocycles. The van der Waals surface area contributed by atoms with E-state index in [9.17, 15) is 13.2 Å². The molecular formula is C22H22ClN3O5S. The zero-order valence-corrected chi connectivity index (χ0v) is 18.8. The van der Waals surface area contributed by atoms with Crippen LogP contribution >= 0.6 is 11.6 Å². The molecule has 2 N–H and O–H groups in total. The maximum atomic E-state index is 12.6. The van der Waals surface area contributed by atoms with Gasteiger partial charge in [-0.25, -0.2) is 8.42 Å². The van der Waals surface area contributed by atoms with Crippen molar-refractivity contribution in [1.82, 2.24) is 10.3 Å². The Kier molecular flexibility index (Phi) is 7.91. The first kappa shape index (κ1) is 23.4. The lowest BCUT2D eigenvalue weighted by atomic mass is 10.3. The Hall–Kier alpha value is -3.30. The molecule has 0 unspecified atom stereocenters. The number of nitrogens with one attached hydrogen (secondary N) is 2. The van der Waals surface area contributed by atoms with Crippen molar-refractivity contribution in [2.45, 2.75) is 18.4 Å². The van der Waals surface area contributed by atoms with Crippen LogP contribution in [0.25, 0.3) is 0 Å². The highest BCUT2D eigenvalue weighted by molar-refractivity contribution is 7.92. The molecule has 0 aliphatic rings. The lowest BCUT2D eigenvalue weighted by molar-refractivity contribution is -0.123. The van der Waals surface area contributed by atoms with E-state index < -0.39 is 10.0 Å². The number of aromatic nitrogens is 1. The molecule has 1 amide bonds. The number of carbonyl (C=O) groups is 1. The van der Waals surface area contributed by atoms with Gasteiger partial charge in [0.25, 0.3) is 15.9 Å². The second kappa shape index (κ2) is 10.8. The zero-order valence-electron chi connectivity index (χ0n) is 17.2. The van der Waals surface area contributed by atoms with Gasteiger partial charge in [-0.2, -0.15) is 0 Å². The number of anilines is 1. The first-order valence-corrected chi connectivity index (χ1v) is 11.6. The molecule has 2 aromatic carbocycles. The van der Waals surface area contributed by atoms with Gasteiger partial charge >= 0.3 is 0 Å². The minimum atomic E-state index is -3.87. The Morgan fingerprint density at radius 3 is 2.50 bits per heavy atom. The number of sulfonamides is 1. The van der Waals surface area contributed by atoms with Crippen molar-refractivity contribution in [3.05, 3.63) is 77.6 Å². The van der Waals surface area contributed by atoms with Gasteiger partial charge in [0.15, 0.2) is 6.61 Å². The fraction of sp³-hybridized carbons (Fsp3) is 0.182. The molecule has 3 aromatic rings. The van der Waals surface area contributed by atoms with Gasteiger partial charge in [-0.05, 0) is 61.5 Å². The molecule has 0 radical (unpaired) electrons. The minimum Gasteiger partial charge on any atom is -0.494 e. The van der Waals surface area contributed by atoms with Crippen LogP contribution in [0.5, 0.6) is 11.5 Å². The Morgan fingerprint density at radius 1 is 1.06 bits per heavy atom. The summed E-state index contributed by atoms with van der Waals surface area (Å²) in [4.78, 5) is 16.0. The first-order chi connectivity index (χ1) is 15.4. The van der Waals surface area contributed by atoms with Crippen molar-refractivity contribution in [3.63, 3.8) is 0 Å². The van der Waals surface area contributed by atoms with E-state index >= 15 is 0 Å². The van der Waals surface area contributed by atoms with Crippen LogP contribution in [0.15, 0.2) is 71.8 Å². The van der Waals surface area contributed by atoms with E-state index in [0.29, 0.717) is 23.7 Å². The number of pyridine rings is 1. The quantitative estimate of drug-likeness (QED) is 0.463. The van der Waals surface area contributed by atoms with Gasteiger partial charge in [0.1, 0.15) is 11.5 Å². The highest BCUT2D eigenvalue weighted by Gasteiger charge is 2.17. The van der Waals surface area contributed by atoms with Crippen LogP contribution in [-0.4, -0.2) is 32.5 Å². The summed E-state index contributed by atoms with van der Waals surface area (Å²) in [5, 5.41) is 2.75. The van der Waals surface area contributed by atoms with Crippen molar-refractivity contribution in [2.75, 3.05) is 17.9 Å². The van der Waals surface area contributed by atoms with Crippen LogP contribution in [0.4, 0.5) is 5.69 Å². The van der Waals surface area contributed by atoms with Gasteiger partial charge in [0, 0.05) is 11.9 Å². The van der Waals surface area contributed by atoms with Gasteiger partial charge < -0.3 is 14.8 Å². The van der Waals surface area contributed by atoms with Crippen molar-refractivity contribution >= 4 is 33.2 Å². The molecule has 0 aliphatic heterocycles. The van der Waals surface area contributed by atoms with Crippen molar-refractivity contribution < 1.29 is 22.7 Å². The fourth-order valence-electron chi connectivity index (χ4n) is 2.65. The molecule has 1 aromatic heterocycles. The van der Waals surface area contributed by atoms with E-state index in [1.54, 1.807) is 42.6 Å². The minimum absolute atomic E-state index is 0.0386. The standard InChI is InChI=1S/C22H22ClN3O5S/c1-2-30-18-8-6-16(7-9-18)26-32(28,29)19-10-11-21(20(23)13-19)31-15-22(27)25-14-17-5-3-4-12-24-17/h3-13,26H,2,14-15H2,1H3,(H,25,27). The number of benzene rings is 2. The highest BCUT2D eigenvalue weighted by Crippen LogP contribution is 2.28. The van der Waals surface area contributed by atoms with E-state index in [0.717, 1.165) is 0 Å². The average molecular weight is 476 g/mol. The lowest BCUT2D eigenvalue weighted by Crippen LogP contribution is -2.28. The van der Waals surface area contributed by atoms with E-state index in [1.807, 2.05) is 13.0 Å². The average Bonchev–Trinajstić information content (AvgIpc) is 2.79. The fourth-order valence-corrected chi connectivity index (χ4v) is 4.04. The predicted octanol–water partition coefficient (Wildman–Crippen LogP) is 3.63. The number of hydrogen-bond acceptors (Lipinski definition) is 6. The Labute approximate surface area is 191 Å². The molecule has 168 valence electrons. The summed E-state index contributed by atoms with van der Waals surface area (Å²) < 4.78 is 38.5. The molecular weight excluding hydrogens is 454 g/mol. The number of ether oxygens (including phenoxy) is 2. The van der Waals surface area contributed by atoms with E-state index in [1.165, 1.54) is 18.2 Å². The smallest absolute Gasteiger partial charge is 0.261 e. The molecule has 10 heteroatoms. The van der Waals surface area contributed by atoms with Crippen LogP contribution in [0.3, 0.4) is 0 Å². The number of carbonyl (C=O) groups excluding carboxylic acids is 1. The molecule has 0 aliphatic carbocycles. The summed E-state index contributed by atoms with van der Waals surface area (Å²) in [5.41, 5.74) is 1.10. The molecule has 0 fully saturated rings. The molecule has 0 saturated heterocycles. The largest absolute Gasteiger partial charge is 0.494 e. The summed E-state index contributed by atoms with van der Waals surface area (Å²) in [6, 6.07) is 16.0. The Bertz CT molecular complexity index is 1160. The third-order valence-corrected chi connectivity index (χ3v) is 5.86. The maximum absolute atomic E-state index is 12.6. The number of nitrogens with zero attached hydrogens (tertiary/aromatic N) is 1. The van der Waals surface area contributed by atoms with Crippen LogP contribution in [0, 0.1) is 0 Å². The van der Waals surface area contributed by atoms with Gasteiger partial charge in [-0.1, -0.05) is 17.7 Å². The molecule has 0 spiro atoms. The van der Waals surface area contributed by atoms with E-state index in [-0.39, 0.29) is 34.7 Å². The van der Waals surface area contributed by atoms with Crippen LogP contribution in [-0.2, 0) is 21.4 Å². The van der Waals surface area contributed by atoms with E-state index in [2.05, 4.69) is 15.0 Å². The Morgan fingerprint density at radius 2 is 1.84 bits per heavy atom. The van der Waals surface area contributed by atoms with Crippen molar-refractivity contribution in [2.24, 2.45) is 0 Å². The topological polar surface area (TPSA) is 107 Å². The first-order valence-electron chi connectivity index (χ1n) is 9.72. The zero-order chi connectivity index (χ0) is 23.0. The molecule has 8 nitrogen and oxygen atoms in total. The number of hydrogen-bond donors (Lipinski definition) is 2. The molecule has 3 rings (SSSR count). The summed E-state index contributed by atoms with van der Waals surface area (Å²) in [6.45, 7) is 2.38. The monoisotopic (exact) mass is 475 g/mol. The summed E-state index contributed by atoms with van der Waals surface area (Å²) in [6.07, 6.45) is 1.64. The lowest BCUT2D eigenvalue weighted by Gasteiger charge is -2.12. The van der Waals surface area contributed by atoms with Gasteiger partial charge in [-0.15, -0.1) is 0 Å². The molecule has 1 heterocycles. The third-order valence-electron chi connectivity index (χ3n) is 4.18.